The van der Waals surface area contributed by atoms with Crippen LogP contribution in [0.2, 0.25) is 0 Å². The maximum atomic E-state index is 11.5. The smallest absolute Gasteiger partial charge is 0.286 e. The van der Waals surface area contributed by atoms with Gasteiger partial charge in [-0.05, 0) is 18.1 Å². The zero-order valence-corrected chi connectivity index (χ0v) is 14.4. The number of fused-ring (bicyclic) bond motifs is 3. The fourth-order valence-electron chi connectivity index (χ4n) is 2.56. The number of phenols is 2. The molecule has 1 amide bonds. The number of benzene rings is 1. The fraction of sp³-hybridized carbons (Fsp3) is 0.308. The van der Waals surface area contributed by atoms with E-state index in [2.05, 4.69) is 42.1 Å². The molecule has 0 fully saturated rings. The lowest BCUT2D eigenvalue weighted by atomic mass is 9.98. The molecule has 0 bridgehead atoms. The van der Waals surface area contributed by atoms with Crippen LogP contribution in [0.3, 0.4) is 0 Å². The highest BCUT2D eigenvalue weighted by Gasteiger charge is 2.30. The molecule has 0 aliphatic carbocycles. The first-order valence-electron chi connectivity index (χ1n) is 6.45. The van der Waals surface area contributed by atoms with Crippen LogP contribution in [0.15, 0.2) is 12.1 Å². The zero-order chi connectivity index (χ0) is 16.0. The van der Waals surface area contributed by atoms with Crippen molar-refractivity contribution in [1.29, 1.82) is 0 Å². The van der Waals surface area contributed by atoms with E-state index < -0.39 is 5.91 Å². The lowest BCUT2D eigenvalue weighted by Gasteiger charge is -2.24. The third-order valence-corrected chi connectivity index (χ3v) is 6.14. The Kier molecular flexibility index (Phi) is 3.85. The van der Waals surface area contributed by atoms with E-state index in [1.54, 1.807) is 10.6 Å². The summed E-state index contributed by atoms with van der Waals surface area (Å²) < 4.78 is 1.57. The second-order valence-corrected chi connectivity index (χ2v) is 7.41. The van der Waals surface area contributed by atoms with Gasteiger partial charge in [-0.2, -0.15) is 0 Å². The molecule has 1 aromatic heterocycles. The van der Waals surface area contributed by atoms with Gasteiger partial charge in [-0.3, -0.25) is 4.79 Å². The van der Waals surface area contributed by atoms with E-state index in [0.29, 0.717) is 29.9 Å². The lowest BCUT2D eigenvalue weighted by Crippen LogP contribution is -2.28. The van der Waals surface area contributed by atoms with Crippen molar-refractivity contribution in [3.63, 3.8) is 0 Å². The summed E-state index contributed by atoms with van der Waals surface area (Å²) in [5.41, 5.74) is 6.49. The van der Waals surface area contributed by atoms with Crippen molar-refractivity contribution in [2.75, 3.05) is 0 Å². The Balaban J connectivity index is 2.30. The number of hydrogen-bond acceptors (Lipinski definition) is 5. The summed E-state index contributed by atoms with van der Waals surface area (Å²) in [6.45, 7) is 0.413. The highest BCUT2D eigenvalue weighted by molar-refractivity contribution is 9.12. The quantitative estimate of drug-likeness (QED) is 0.592. The van der Waals surface area contributed by atoms with Crippen LogP contribution in [-0.4, -0.2) is 40.5 Å². The number of carbonyl (C=O) groups is 1. The van der Waals surface area contributed by atoms with Gasteiger partial charge >= 0.3 is 0 Å². The zero-order valence-electron chi connectivity index (χ0n) is 11.2. The number of amides is 1. The Morgan fingerprint density at radius 1 is 1.27 bits per heavy atom. The molecule has 2 atom stereocenters. The van der Waals surface area contributed by atoms with Gasteiger partial charge in [0.25, 0.3) is 5.91 Å². The first-order chi connectivity index (χ1) is 10.4. The molecule has 116 valence electrons. The van der Waals surface area contributed by atoms with E-state index in [-0.39, 0.29) is 27.0 Å². The highest BCUT2D eigenvalue weighted by Crippen LogP contribution is 2.39. The van der Waals surface area contributed by atoms with Gasteiger partial charge in [0.05, 0.1) is 5.56 Å². The van der Waals surface area contributed by atoms with Gasteiger partial charge in [-0.25, -0.2) is 0 Å². The third kappa shape index (κ3) is 2.48. The fourth-order valence-corrected chi connectivity index (χ4v) is 3.55. The first kappa shape index (κ1) is 15.3. The van der Waals surface area contributed by atoms with Gasteiger partial charge < -0.3 is 20.5 Å². The molecule has 2 unspecified atom stereocenters. The normalized spacial score (nSPS) is 20.6. The summed E-state index contributed by atoms with van der Waals surface area (Å²) in [7, 11) is 0. The summed E-state index contributed by atoms with van der Waals surface area (Å²) in [6.07, 6.45) is 0.561. The molecule has 1 aliphatic heterocycles. The van der Waals surface area contributed by atoms with E-state index in [4.69, 9.17) is 5.73 Å². The number of primary amides is 1. The van der Waals surface area contributed by atoms with Crippen LogP contribution in [0, 0.1) is 0 Å². The summed E-state index contributed by atoms with van der Waals surface area (Å²) >= 11 is 7.14. The van der Waals surface area contributed by atoms with Crippen molar-refractivity contribution in [3.05, 3.63) is 23.5 Å². The molecular weight excluding hydrogens is 420 g/mol. The summed E-state index contributed by atoms with van der Waals surface area (Å²) in [5, 5.41) is 27.8. The van der Waals surface area contributed by atoms with Crippen LogP contribution in [0.4, 0.5) is 0 Å². The maximum absolute atomic E-state index is 11.5. The number of alkyl halides is 2. The Labute approximate surface area is 142 Å². The minimum absolute atomic E-state index is 0.0157. The van der Waals surface area contributed by atoms with Gasteiger partial charge in [0.15, 0.2) is 5.82 Å². The molecule has 9 heteroatoms. The number of rotatable bonds is 1. The van der Waals surface area contributed by atoms with Crippen LogP contribution in [0.25, 0.3) is 11.4 Å². The Morgan fingerprint density at radius 3 is 2.68 bits per heavy atom. The van der Waals surface area contributed by atoms with Crippen molar-refractivity contribution >= 4 is 37.8 Å². The van der Waals surface area contributed by atoms with Crippen molar-refractivity contribution in [2.24, 2.45) is 5.73 Å². The number of nitrogens with zero attached hydrogens (tertiary/aromatic N) is 3. The van der Waals surface area contributed by atoms with E-state index in [1.165, 1.54) is 6.07 Å². The average Bonchev–Trinajstić information content (AvgIpc) is 2.80. The van der Waals surface area contributed by atoms with Crippen LogP contribution in [-0.2, 0) is 13.0 Å². The van der Waals surface area contributed by atoms with Crippen LogP contribution in [0.5, 0.6) is 11.5 Å². The minimum atomic E-state index is -0.690. The number of aromatic nitrogens is 3. The average molecular weight is 432 g/mol. The molecule has 1 aromatic carbocycles. The second-order valence-electron chi connectivity index (χ2n) is 5.06. The molecule has 0 saturated carbocycles. The number of aromatic hydroxyl groups is 2. The van der Waals surface area contributed by atoms with E-state index in [9.17, 15) is 15.0 Å². The molecule has 2 aromatic rings. The monoisotopic (exact) mass is 430 g/mol. The van der Waals surface area contributed by atoms with Crippen LogP contribution < -0.4 is 5.73 Å². The van der Waals surface area contributed by atoms with Gasteiger partial charge in [0, 0.05) is 22.3 Å². The van der Waals surface area contributed by atoms with Crippen LogP contribution in [0.1, 0.15) is 16.2 Å². The van der Waals surface area contributed by atoms with Gasteiger partial charge in [0.1, 0.15) is 11.5 Å². The predicted octanol–water partition coefficient (Wildman–Crippen LogP) is 1.54. The van der Waals surface area contributed by atoms with Crippen molar-refractivity contribution < 1.29 is 15.0 Å². The number of nitrogens with two attached hydrogens (primary N) is 1. The number of hydrogen-bond donors (Lipinski definition) is 3. The van der Waals surface area contributed by atoms with Crippen LogP contribution >= 0.6 is 31.9 Å². The van der Waals surface area contributed by atoms with Gasteiger partial charge in [-0.1, -0.05) is 31.9 Å². The van der Waals surface area contributed by atoms with Crippen molar-refractivity contribution in [2.45, 2.75) is 22.6 Å². The molecule has 0 spiro atoms. The highest BCUT2D eigenvalue weighted by atomic mass is 79.9. The number of halogens is 2. The Hall–Kier alpha value is -1.61. The summed E-state index contributed by atoms with van der Waals surface area (Å²) in [6, 6.07) is 2.80. The molecule has 1 aliphatic rings. The molecule has 3 rings (SSSR count). The molecule has 7 nitrogen and oxygen atoms in total. The second kappa shape index (κ2) is 5.54. The minimum Gasteiger partial charge on any atom is -0.508 e. The SMILES string of the molecule is NC(=O)c1nnc2n1CC(Br)C(Br)Cc1cc(O)cc(O)c1-2. The first-order valence-corrected chi connectivity index (χ1v) is 8.28. The summed E-state index contributed by atoms with van der Waals surface area (Å²) in [5.74, 6) is -0.467. The van der Waals surface area contributed by atoms with Crippen molar-refractivity contribution in [3.8, 4) is 22.9 Å². The molecule has 22 heavy (non-hydrogen) atoms. The molecular formula is C13H12Br2N4O3. The van der Waals surface area contributed by atoms with Crippen molar-refractivity contribution in [1.82, 2.24) is 14.8 Å². The Bertz CT molecular complexity index is 762. The topological polar surface area (TPSA) is 114 Å². The largest absolute Gasteiger partial charge is 0.508 e. The number of carbonyl (C=O) groups excluding carboxylic acids is 1. The predicted molar refractivity (Wildman–Crippen MR) is 86.4 cm³/mol. The molecule has 2 heterocycles. The number of phenolic OH excluding ortho intramolecular Hbond substituents is 2. The van der Waals surface area contributed by atoms with Gasteiger partial charge in [-0.15, -0.1) is 10.2 Å². The maximum Gasteiger partial charge on any atom is 0.286 e. The standard InChI is InChI=1S/C13H12Br2N4O3/c14-7-2-5-1-6(20)3-9(21)10(5)12-17-18-13(11(16)22)19(12)4-8(7)15/h1,3,7-8,20-21H,2,4H2,(H2,16,22). The third-order valence-electron chi connectivity index (χ3n) is 3.54. The Morgan fingerprint density at radius 2 is 2.00 bits per heavy atom. The lowest BCUT2D eigenvalue weighted by molar-refractivity contribution is 0.0986. The summed E-state index contributed by atoms with van der Waals surface area (Å²) in [4.78, 5) is 11.5. The van der Waals surface area contributed by atoms with Gasteiger partial charge in [0.2, 0.25) is 5.82 Å². The van der Waals surface area contributed by atoms with E-state index in [0.717, 1.165) is 0 Å². The van der Waals surface area contributed by atoms with E-state index >= 15 is 0 Å². The molecule has 4 N–H and O–H groups in total. The van der Waals surface area contributed by atoms with E-state index in [1.807, 2.05) is 0 Å². The molecule has 0 radical (unpaired) electrons. The molecule has 0 saturated heterocycles.